The van der Waals surface area contributed by atoms with Gasteiger partial charge < -0.3 is 15.4 Å². The maximum atomic E-state index is 12.3. The van der Waals surface area contributed by atoms with E-state index in [1.807, 2.05) is 24.4 Å². The highest BCUT2D eigenvalue weighted by atomic mass is 35.5. The van der Waals surface area contributed by atoms with E-state index in [0.717, 1.165) is 29.3 Å². The number of H-pyrrole nitrogens is 1. The molecule has 6 heteroatoms. The minimum absolute atomic E-state index is 0.0289. The molecule has 0 bridgehead atoms. The second kappa shape index (κ2) is 7.26. The van der Waals surface area contributed by atoms with Crippen LogP contribution >= 0.6 is 11.6 Å². The molecule has 2 unspecified atom stereocenters. The van der Waals surface area contributed by atoms with Crippen LogP contribution in [-0.2, 0) is 16.0 Å². The van der Waals surface area contributed by atoms with Gasteiger partial charge in [-0.15, -0.1) is 0 Å². The number of hydrogen-bond acceptors (Lipinski definition) is 2. The van der Waals surface area contributed by atoms with Gasteiger partial charge in [0.05, 0.1) is 5.92 Å². The van der Waals surface area contributed by atoms with Gasteiger partial charge in [0.1, 0.15) is 0 Å². The third kappa shape index (κ3) is 3.73. The summed E-state index contributed by atoms with van der Waals surface area (Å²) in [4.78, 5) is 26.6. The third-order valence-electron chi connectivity index (χ3n) is 4.82. The highest BCUT2D eigenvalue weighted by Crippen LogP contribution is 2.29. The lowest BCUT2D eigenvalue weighted by molar-refractivity contribution is -0.144. The Morgan fingerprint density at radius 1 is 1.29 bits per heavy atom. The number of rotatable bonds is 5. The first-order valence-corrected chi connectivity index (χ1v) is 8.68. The fourth-order valence-electron chi connectivity index (χ4n) is 3.47. The Balaban J connectivity index is 1.54. The Hall–Kier alpha value is -2.01. The zero-order chi connectivity index (χ0) is 17.1. The maximum Gasteiger partial charge on any atom is 0.306 e. The molecule has 128 valence electrons. The Labute approximate surface area is 145 Å². The summed E-state index contributed by atoms with van der Waals surface area (Å²) in [5.41, 5.74) is 2.14. The summed E-state index contributed by atoms with van der Waals surface area (Å²) in [5.74, 6) is -1.38. The number of amides is 1. The van der Waals surface area contributed by atoms with Crippen molar-refractivity contribution in [3.8, 4) is 0 Å². The number of carbonyl (C=O) groups is 2. The fourth-order valence-corrected chi connectivity index (χ4v) is 3.65. The number of fused-ring (bicyclic) bond motifs is 1. The molecule has 1 aromatic carbocycles. The van der Waals surface area contributed by atoms with Crippen molar-refractivity contribution in [1.82, 2.24) is 10.3 Å². The zero-order valence-electron chi connectivity index (χ0n) is 13.3. The molecule has 0 spiro atoms. The number of carbonyl (C=O) groups excluding carboxylic acids is 1. The molecular formula is C18H21ClN2O3. The van der Waals surface area contributed by atoms with E-state index >= 15 is 0 Å². The number of nitrogens with one attached hydrogen (secondary N) is 2. The lowest BCUT2D eigenvalue weighted by Crippen LogP contribution is -2.36. The first-order valence-electron chi connectivity index (χ1n) is 8.30. The lowest BCUT2D eigenvalue weighted by Gasteiger charge is -2.25. The first kappa shape index (κ1) is 16.8. The molecule has 0 aliphatic heterocycles. The number of carboxylic acids is 1. The van der Waals surface area contributed by atoms with Gasteiger partial charge in [-0.05, 0) is 49.4 Å². The van der Waals surface area contributed by atoms with E-state index in [4.69, 9.17) is 16.7 Å². The molecule has 1 fully saturated rings. The van der Waals surface area contributed by atoms with Crippen molar-refractivity contribution in [2.75, 3.05) is 6.54 Å². The standard InChI is InChI=1S/C18H21ClN2O3/c19-14-4-5-16-15(9-14)13(10-21-16)6-7-20-17(22)11-2-1-3-12(8-11)18(23)24/h4-5,9-12,21H,1-3,6-8H2,(H,20,22)(H,23,24). The van der Waals surface area contributed by atoms with Crippen LogP contribution in [0.4, 0.5) is 0 Å². The van der Waals surface area contributed by atoms with Crippen LogP contribution in [-0.4, -0.2) is 28.5 Å². The van der Waals surface area contributed by atoms with Crippen LogP contribution in [0.2, 0.25) is 5.02 Å². The lowest BCUT2D eigenvalue weighted by atomic mass is 9.81. The number of carboxylic acid groups (broad SMARTS) is 1. The van der Waals surface area contributed by atoms with Crippen LogP contribution < -0.4 is 5.32 Å². The molecule has 1 amide bonds. The highest BCUT2D eigenvalue weighted by molar-refractivity contribution is 6.31. The molecule has 0 saturated heterocycles. The van der Waals surface area contributed by atoms with Gasteiger partial charge in [-0.2, -0.15) is 0 Å². The molecule has 3 rings (SSSR count). The average Bonchev–Trinajstić information content (AvgIpc) is 2.97. The van der Waals surface area contributed by atoms with Crippen LogP contribution in [0.3, 0.4) is 0 Å². The molecule has 1 aliphatic rings. The van der Waals surface area contributed by atoms with Crippen molar-refractivity contribution in [1.29, 1.82) is 0 Å². The van der Waals surface area contributed by atoms with Crippen molar-refractivity contribution in [2.45, 2.75) is 32.1 Å². The number of benzene rings is 1. The quantitative estimate of drug-likeness (QED) is 0.774. The molecule has 24 heavy (non-hydrogen) atoms. The van der Waals surface area contributed by atoms with Gasteiger partial charge in [0.15, 0.2) is 0 Å². The smallest absolute Gasteiger partial charge is 0.306 e. The van der Waals surface area contributed by atoms with Crippen LogP contribution in [0.15, 0.2) is 24.4 Å². The van der Waals surface area contributed by atoms with E-state index in [2.05, 4.69) is 10.3 Å². The van der Waals surface area contributed by atoms with Gasteiger partial charge in [-0.25, -0.2) is 0 Å². The highest BCUT2D eigenvalue weighted by Gasteiger charge is 2.30. The van der Waals surface area contributed by atoms with Crippen molar-refractivity contribution < 1.29 is 14.7 Å². The molecule has 1 saturated carbocycles. The summed E-state index contributed by atoms with van der Waals surface area (Å²) < 4.78 is 0. The third-order valence-corrected chi connectivity index (χ3v) is 5.05. The minimum Gasteiger partial charge on any atom is -0.481 e. The Bertz CT molecular complexity index is 756. The molecule has 2 atom stereocenters. The Kier molecular flexibility index (Phi) is 5.09. The number of halogens is 1. The van der Waals surface area contributed by atoms with Crippen LogP contribution in [0.25, 0.3) is 10.9 Å². The van der Waals surface area contributed by atoms with Gasteiger partial charge in [-0.3, -0.25) is 9.59 Å². The number of hydrogen-bond donors (Lipinski definition) is 3. The molecule has 2 aromatic rings. The Morgan fingerprint density at radius 3 is 2.88 bits per heavy atom. The minimum atomic E-state index is -0.789. The van der Waals surface area contributed by atoms with Crippen LogP contribution in [0.5, 0.6) is 0 Å². The summed E-state index contributed by atoms with van der Waals surface area (Å²) >= 11 is 6.04. The van der Waals surface area contributed by atoms with E-state index in [9.17, 15) is 9.59 Å². The zero-order valence-corrected chi connectivity index (χ0v) is 14.1. The predicted molar refractivity (Wildman–Crippen MR) is 93.1 cm³/mol. The van der Waals surface area contributed by atoms with Gasteiger partial charge >= 0.3 is 5.97 Å². The van der Waals surface area contributed by atoms with Crippen molar-refractivity contribution in [2.24, 2.45) is 11.8 Å². The molecular weight excluding hydrogens is 328 g/mol. The van der Waals surface area contributed by atoms with Gasteiger partial charge in [0, 0.05) is 34.6 Å². The molecule has 1 aliphatic carbocycles. The largest absolute Gasteiger partial charge is 0.481 e. The fraction of sp³-hybridized carbons (Fsp3) is 0.444. The molecule has 0 radical (unpaired) electrons. The predicted octanol–water partition coefficient (Wildman–Crippen LogP) is 3.37. The first-order chi connectivity index (χ1) is 11.5. The molecule has 3 N–H and O–H groups in total. The Morgan fingerprint density at radius 2 is 2.08 bits per heavy atom. The SMILES string of the molecule is O=C(O)C1CCCC(C(=O)NCCc2c[nH]c3ccc(Cl)cc23)C1. The van der Waals surface area contributed by atoms with Crippen molar-refractivity contribution >= 4 is 34.4 Å². The van der Waals surface area contributed by atoms with Gasteiger partial charge in [-0.1, -0.05) is 18.0 Å². The van der Waals surface area contributed by atoms with Crippen molar-refractivity contribution in [3.05, 3.63) is 35.0 Å². The van der Waals surface area contributed by atoms with Gasteiger partial charge in [0.25, 0.3) is 0 Å². The maximum absolute atomic E-state index is 12.3. The molecule has 1 heterocycles. The summed E-state index contributed by atoms with van der Waals surface area (Å²) in [6.45, 7) is 0.534. The summed E-state index contributed by atoms with van der Waals surface area (Å²) in [5, 5.41) is 13.8. The normalized spacial score (nSPS) is 20.9. The molecule has 5 nitrogen and oxygen atoms in total. The van der Waals surface area contributed by atoms with Crippen molar-refractivity contribution in [3.63, 3.8) is 0 Å². The average molecular weight is 349 g/mol. The van der Waals surface area contributed by atoms with E-state index in [1.54, 1.807) is 0 Å². The number of aromatic nitrogens is 1. The summed E-state index contributed by atoms with van der Waals surface area (Å²) in [6, 6.07) is 5.70. The van der Waals surface area contributed by atoms with Crippen LogP contribution in [0.1, 0.15) is 31.2 Å². The van der Waals surface area contributed by atoms with E-state index in [0.29, 0.717) is 30.8 Å². The number of aromatic amines is 1. The van der Waals surface area contributed by atoms with E-state index < -0.39 is 5.97 Å². The van der Waals surface area contributed by atoms with Crippen LogP contribution in [0, 0.1) is 11.8 Å². The topological polar surface area (TPSA) is 82.2 Å². The molecule has 1 aromatic heterocycles. The van der Waals surface area contributed by atoms with E-state index in [1.165, 1.54) is 0 Å². The summed E-state index contributed by atoms with van der Waals surface area (Å²) in [6.07, 6.45) is 5.35. The monoisotopic (exact) mass is 348 g/mol. The van der Waals surface area contributed by atoms with E-state index in [-0.39, 0.29) is 17.7 Å². The second-order valence-corrected chi connectivity index (χ2v) is 6.88. The summed E-state index contributed by atoms with van der Waals surface area (Å²) in [7, 11) is 0. The number of aliphatic carboxylic acids is 1. The second-order valence-electron chi connectivity index (χ2n) is 6.44. The van der Waals surface area contributed by atoms with Gasteiger partial charge in [0.2, 0.25) is 5.91 Å².